The number of H-pyrrole nitrogens is 1. The lowest BCUT2D eigenvalue weighted by atomic mass is 9.87. The van der Waals surface area contributed by atoms with E-state index in [9.17, 15) is 31.1 Å². The first kappa shape index (κ1) is 20.6. The molecule has 29 heavy (non-hydrogen) atoms. The van der Waals surface area contributed by atoms with Gasteiger partial charge in [0.05, 0.1) is 12.7 Å². The Kier molecular flexibility index (Phi) is 4.97. The van der Waals surface area contributed by atoms with Crippen molar-refractivity contribution in [2.75, 3.05) is 7.11 Å². The van der Waals surface area contributed by atoms with Gasteiger partial charge in [-0.1, -0.05) is 30.3 Å². The van der Waals surface area contributed by atoms with Gasteiger partial charge in [0.1, 0.15) is 5.75 Å². The predicted molar refractivity (Wildman–Crippen MR) is 92.5 cm³/mol. The summed E-state index contributed by atoms with van der Waals surface area (Å²) in [4.78, 5) is 15.0. The van der Waals surface area contributed by atoms with E-state index in [1.165, 1.54) is 41.7 Å². The second-order valence-electron chi connectivity index (χ2n) is 6.15. The summed E-state index contributed by atoms with van der Waals surface area (Å²) in [5.74, 6) is -1.75. The molecule has 10 heteroatoms. The third-order valence-corrected chi connectivity index (χ3v) is 4.50. The molecule has 154 valence electrons. The number of para-hydroxylation sites is 2. The molecule has 0 saturated carbocycles. The molecule has 2 aromatic carbocycles. The van der Waals surface area contributed by atoms with E-state index in [-0.39, 0.29) is 16.7 Å². The third kappa shape index (κ3) is 3.28. The molecule has 0 atom stereocenters. The Morgan fingerprint density at radius 3 is 2.14 bits per heavy atom. The SMILES string of the molecule is COc1ccccc1C(=O)NC(c1c[nH]c2ccccc12)(C(F)(F)F)C(F)(F)F. The minimum Gasteiger partial charge on any atom is -0.496 e. The number of hydrogen-bond acceptors (Lipinski definition) is 2. The zero-order valence-corrected chi connectivity index (χ0v) is 14.8. The van der Waals surface area contributed by atoms with Crippen LogP contribution in [0, 0.1) is 0 Å². The number of carbonyl (C=O) groups is 1. The summed E-state index contributed by atoms with van der Waals surface area (Å²) >= 11 is 0. The first-order valence-corrected chi connectivity index (χ1v) is 8.18. The number of aromatic nitrogens is 1. The number of methoxy groups -OCH3 is 1. The Morgan fingerprint density at radius 2 is 1.52 bits per heavy atom. The van der Waals surface area contributed by atoms with E-state index < -0.39 is 34.9 Å². The molecule has 1 aromatic heterocycles. The van der Waals surface area contributed by atoms with Crippen LogP contribution in [-0.4, -0.2) is 30.4 Å². The average molecular weight is 416 g/mol. The maximum atomic E-state index is 14.0. The molecule has 0 aliphatic heterocycles. The maximum Gasteiger partial charge on any atom is 0.424 e. The van der Waals surface area contributed by atoms with Crippen LogP contribution in [0.1, 0.15) is 15.9 Å². The highest BCUT2D eigenvalue weighted by atomic mass is 19.4. The number of alkyl halides is 6. The zero-order chi connectivity index (χ0) is 21.4. The molecule has 1 amide bonds. The van der Waals surface area contributed by atoms with Crippen LogP contribution in [-0.2, 0) is 5.54 Å². The lowest BCUT2D eigenvalue weighted by Gasteiger charge is -2.38. The molecule has 3 aromatic rings. The van der Waals surface area contributed by atoms with E-state index in [0.29, 0.717) is 6.20 Å². The average Bonchev–Trinajstić information content (AvgIpc) is 3.08. The van der Waals surface area contributed by atoms with Gasteiger partial charge in [-0.2, -0.15) is 26.3 Å². The summed E-state index contributed by atoms with van der Waals surface area (Å²) in [7, 11) is 1.15. The van der Waals surface area contributed by atoms with Gasteiger partial charge in [-0.05, 0) is 18.2 Å². The van der Waals surface area contributed by atoms with E-state index in [1.54, 1.807) is 0 Å². The number of ether oxygens (including phenoxy) is 1. The van der Waals surface area contributed by atoms with E-state index in [1.807, 2.05) is 0 Å². The van der Waals surface area contributed by atoms with Crippen LogP contribution in [0.5, 0.6) is 5.75 Å². The number of amides is 1. The van der Waals surface area contributed by atoms with Crippen molar-refractivity contribution >= 4 is 16.8 Å². The second-order valence-corrected chi connectivity index (χ2v) is 6.15. The molecule has 0 radical (unpaired) electrons. The van der Waals surface area contributed by atoms with Gasteiger partial charge < -0.3 is 15.0 Å². The molecule has 0 bridgehead atoms. The quantitative estimate of drug-likeness (QED) is 0.593. The molecule has 0 aliphatic carbocycles. The zero-order valence-electron chi connectivity index (χ0n) is 14.8. The Labute approximate surface area is 160 Å². The molecule has 0 unspecified atom stereocenters. The molecule has 0 fully saturated rings. The predicted octanol–water partition coefficient (Wildman–Crippen LogP) is 4.93. The van der Waals surface area contributed by atoms with Crippen molar-refractivity contribution in [1.29, 1.82) is 0 Å². The Bertz CT molecular complexity index is 1020. The summed E-state index contributed by atoms with van der Waals surface area (Å²) in [6.07, 6.45) is -11.2. The number of hydrogen-bond donors (Lipinski definition) is 2. The van der Waals surface area contributed by atoms with Crippen molar-refractivity contribution in [1.82, 2.24) is 10.3 Å². The number of carbonyl (C=O) groups excluding carboxylic acids is 1. The summed E-state index contributed by atoms with van der Waals surface area (Å²) in [5, 5.41) is 0.890. The van der Waals surface area contributed by atoms with Crippen LogP contribution < -0.4 is 10.1 Å². The minimum absolute atomic E-state index is 0.0620. The summed E-state index contributed by atoms with van der Waals surface area (Å²) in [6.45, 7) is 0. The standard InChI is InChI=1S/C19H14F6N2O2/c1-29-15-9-5-3-7-12(15)16(28)27-17(18(20,21)22,19(23,24)25)13-10-26-14-8-4-2-6-11(13)14/h2-10,26H,1H3,(H,27,28). The highest BCUT2D eigenvalue weighted by molar-refractivity contribution is 5.98. The van der Waals surface area contributed by atoms with Crippen LogP contribution in [0.2, 0.25) is 0 Å². The van der Waals surface area contributed by atoms with Crippen molar-refractivity contribution in [3.8, 4) is 5.75 Å². The fraction of sp³-hybridized carbons (Fsp3) is 0.211. The Balaban J connectivity index is 2.25. The fourth-order valence-electron chi connectivity index (χ4n) is 3.13. The van der Waals surface area contributed by atoms with Crippen LogP contribution >= 0.6 is 0 Å². The van der Waals surface area contributed by atoms with Crippen LogP contribution in [0.15, 0.2) is 54.7 Å². The molecule has 0 spiro atoms. The molecule has 1 heterocycles. The number of nitrogens with one attached hydrogen (secondary N) is 2. The Hall–Kier alpha value is -3.17. The van der Waals surface area contributed by atoms with Gasteiger partial charge in [-0.15, -0.1) is 0 Å². The summed E-state index contributed by atoms with van der Waals surface area (Å²) in [6, 6.07) is 10.3. The molecule has 0 aliphatic rings. The van der Waals surface area contributed by atoms with Crippen LogP contribution in [0.3, 0.4) is 0 Å². The summed E-state index contributed by atoms with van der Waals surface area (Å²) < 4.78 is 89.1. The lowest BCUT2D eigenvalue weighted by molar-refractivity contribution is -0.309. The van der Waals surface area contributed by atoms with E-state index in [2.05, 4.69) is 4.98 Å². The van der Waals surface area contributed by atoms with E-state index in [4.69, 9.17) is 4.74 Å². The molecule has 4 nitrogen and oxygen atoms in total. The number of aromatic amines is 1. The second kappa shape index (κ2) is 7.02. The van der Waals surface area contributed by atoms with Crippen molar-refractivity contribution < 1.29 is 35.9 Å². The van der Waals surface area contributed by atoms with Crippen molar-refractivity contribution in [2.45, 2.75) is 17.9 Å². The number of rotatable bonds is 4. The molecular formula is C19H14F6N2O2. The van der Waals surface area contributed by atoms with Gasteiger partial charge in [0.25, 0.3) is 11.4 Å². The molecule has 3 rings (SSSR count). The van der Waals surface area contributed by atoms with Crippen LogP contribution in [0.4, 0.5) is 26.3 Å². The molecular weight excluding hydrogens is 402 g/mol. The van der Waals surface area contributed by atoms with Crippen molar-refractivity contribution in [2.24, 2.45) is 0 Å². The number of fused-ring (bicyclic) bond motifs is 1. The van der Waals surface area contributed by atoms with Gasteiger partial charge in [-0.3, -0.25) is 4.79 Å². The maximum absolute atomic E-state index is 14.0. The summed E-state index contributed by atoms with van der Waals surface area (Å²) in [5.41, 5.74) is -6.20. The minimum atomic E-state index is -5.89. The molecule has 0 saturated heterocycles. The van der Waals surface area contributed by atoms with Crippen molar-refractivity contribution in [3.05, 3.63) is 65.9 Å². The lowest BCUT2D eigenvalue weighted by Crippen LogP contribution is -2.64. The van der Waals surface area contributed by atoms with Gasteiger partial charge in [-0.25, -0.2) is 0 Å². The smallest absolute Gasteiger partial charge is 0.424 e. The monoisotopic (exact) mass is 416 g/mol. The Morgan fingerprint density at radius 1 is 0.931 bits per heavy atom. The topological polar surface area (TPSA) is 54.1 Å². The van der Waals surface area contributed by atoms with Gasteiger partial charge in [0, 0.05) is 22.7 Å². The van der Waals surface area contributed by atoms with Crippen molar-refractivity contribution in [3.63, 3.8) is 0 Å². The molecule has 2 N–H and O–H groups in total. The first-order valence-electron chi connectivity index (χ1n) is 8.18. The van der Waals surface area contributed by atoms with Gasteiger partial charge in [0.15, 0.2) is 0 Å². The number of benzene rings is 2. The van der Waals surface area contributed by atoms with E-state index >= 15 is 0 Å². The normalized spacial score (nSPS) is 12.8. The van der Waals surface area contributed by atoms with Gasteiger partial charge in [0.2, 0.25) is 0 Å². The van der Waals surface area contributed by atoms with Crippen LogP contribution in [0.25, 0.3) is 10.9 Å². The fourth-order valence-corrected chi connectivity index (χ4v) is 3.13. The van der Waals surface area contributed by atoms with E-state index in [0.717, 1.165) is 19.2 Å². The third-order valence-electron chi connectivity index (χ3n) is 4.50. The largest absolute Gasteiger partial charge is 0.496 e. The van der Waals surface area contributed by atoms with Gasteiger partial charge >= 0.3 is 12.4 Å². The highest BCUT2D eigenvalue weighted by Crippen LogP contribution is 2.52. The highest BCUT2D eigenvalue weighted by Gasteiger charge is 2.73. The first-order chi connectivity index (χ1) is 13.5. The number of halogens is 6.